The lowest BCUT2D eigenvalue weighted by atomic mass is 10.2. The van der Waals surface area contributed by atoms with Gasteiger partial charge in [0, 0.05) is 5.56 Å². The maximum absolute atomic E-state index is 10.5. The van der Waals surface area contributed by atoms with Crippen LogP contribution in [0.15, 0.2) is 23.3 Å². The molecule has 0 aliphatic carbocycles. The number of nitrogens with two attached hydrogens (primary N) is 1. The highest BCUT2D eigenvalue weighted by molar-refractivity contribution is 5.86. The van der Waals surface area contributed by atoms with Crippen LogP contribution in [0.5, 0.6) is 11.5 Å². The topological polar surface area (TPSA) is 85.9 Å². The van der Waals surface area contributed by atoms with Gasteiger partial charge in [0.2, 0.25) is 0 Å². The molecule has 17 heavy (non-hydrogen) atoms. The average molecular weight is 237 g/mol. The van der Waals surface area contributed by atoms with E-state index in [1.54, 1.807) is 25.3 Å². The van der Waals surface area contributed by atoms with Gasteiger partial charge in [0.1, 0.15) is 0 Å². The summed E-state index contributed by atoms with van der Waals surface area (Å²) < 4.78 is 10.6. The van der Waals surface area contributed by atoms with Crippen LogP contribution in [-0.4, -0.2) is 26.0 Å². The molecule has 6 nitrogen and oxygen atoms in total. The molecule has 6 heteroatoms. The number of primary amides is 1. The third-order valence-corrected chi connectivity index (χ3v) is 1.90. The molecule has 0 saturated carbocycles. The summed E-state index contributed by atoms with van der Waals surface area (Å²) in [5.41, 5.74) is 7.70. The van der Waals surface area contributed by atoms with Crippen LogP contribution < -0.4 is 20.6 Å². The maximum Gasteiger partial charge on any atom is 0.332 e. The molecule has 0 saturated heterocycles. The lowest BCUT2D eigenvalue weighted by Crippen LogP contribution is -2.24. The molecule has 1 rings (SSSR count). The predicted molar refractivity (Wildman–Crippen MR) is 64.5 cm³/mol. The number of para-hydroxylation sites is 1. The zero-order valence-electron chi connectivity index (χ0n) is 9.77. The number of rotatable bonds is 5. The van der Waals surface area contributed by atoms with Crippen LogP contribution in [0.3, 0.4) is 0 Å². The third kappa shape index (κ3) is 3.67. The summed E-state index contributed by atoms with van der Waals surface area (Å²) in [6.07, 6.45) is 1.44. The van der Waals surface area contributed by atoms with Gasteiger partial charge in [-0.2, -0.15) is 5.10 Å². The molecule has 1 aromatic rings. The number of carbonyl (C=O) groups is 1. The third-order valence-electron chi connectivity index (χ3n) is 1.90. The van der Waals surface area contributed by atoms with Crippen molar-refractivity contribution in [3.05, 3.63) is 23.8 Å². The lowest BCUT2D eigenvalue weighted by Gasteiger charge is -2.11. The van der Waals surface area contributed by atoms with E-state index in [4.69, 9.17) is 15.2 Å². The summed E-state index contributed by atoms with van der Waals surface area (Å²) in [6.45, 7) is 2.37. The molecule has 0 aliphatic heterocycles. The van der Waals surface area contributed by atoms with Gasteiger partial charge in [-0.25, -0.2) is 10.2 Å². The summed E-state index contributed by atoms with van der Waals surface area (Å²) in [5.74, 6) is 1.18. The zero-order valence-corrected chi connectivity index (χ0v) is 9.77. The van der Waals surface area contributed by atoms with Gasteiger partial charge in [-0.05, 0) is 19.1 Å². The molecule has 0 bridgehead atoms. The number of carbonyl (C=O) groups excluding carboxylic acids is 1. The average Bonchev–Trinajstić information content (AvgIpc) is 2.30. The van der Waals surface area contributed by atoms with E-state index in [9.17, 15) is 4.79 Å². The van der Waals surface area contributed by atoms with Gasteiger partial charge in [0.15, 0.2) is 11.5 Å². The molecule has 3 N–H and O–H groups in total. The van der Waals surface area contributed by atoms with Crippen LogP contribution in [-0.2, 0) is 0 Å². The first-order valence-corrected chi connectivity index (χ1v) is 5.07. The fourth-order valence-electron chi connectivity index (χ4n) is 1.26. The van der Waals surface area contributed by atoms with E-state index in [-0.39, 0.29) is 0 Å². The number of hydrazone groups is 1. The van der Waals surface area contributed by atoms with Gasteiger partial charge in [-0.1, -0.05) is 6.07 Å². The maximum atomic E-state index is 10.5. The molecular weight excluding hydrogens is 222 g/mol. The minimum atomic E-state index is -0.720. The molecule has 2 amide bonds. The normalized spacial score (nSPS) is 10.2. The fourth-order valence-corrected chi connectivity index (χ4v) is 1.26. The van der Waals surface area contributed by atoms with E-state index in [1.165, 1.54) is 6.21 Å². The summed E-state index contributed by atoms with van der Waals surface area (Å²) in [6, 6.07) is 4.65. The highest BCUT2D eigenvalue weighted by atomic mass is 16.5. The number of hydrogen-bond acceptors (Lipinski definition) is 4. The van der Waals surface area contributed by atoms with E-state index >= 15 is 0 Å². The zero-order chi connectivity index (χ0) is 12.7. The number of amides is 2. The number of urea groups is 1. The van der Waals surface area contributed by atoms with Crippen molar-refractivity contribution in [2.24, 2.45) is 10.8 Å². The van der Waals surface area contributed by atoms with Crippen molar-refractivity contribution in [1.29, 1.82) is 0 Å². The van der Waals surface area contributed by atoms with E-state index in [1.807, 2.05) is 6.92 Å². The van der Waals surface area contributed by atoms with Crippen LogP contribution in [0.4, 0.5) is 4.79 Å². The Bertz CT molecular complexity index is 418. The van der Waals surface area contributed by atoms with Crippen LogP contribution in [0.2, 0.25) is 0 Å². The van der Waals surface area contributed by atoms with Crippen LogP contribution >= 0.6 is 0 Å². The van der Waals surface area contributed by atoms with Crippen molar-refractivity contribution in [2.45, 2.75) is 6.92 Å². The summed E-state index contributed by atoms with van der Waals surface area (Å²) >= 11 is 0. The van der Waals surface area contributed by atoms with Crippen molar-refractivity contribution in [3.63, 3.8) is 0 Å². The molecule has 0 aromatic heterocycles. The monoisotopic (exact) mass is 237 g/mol. The van der Waals surface area contributed by atoms with Crippen molar-refractivity contribution in [1.82, 2.24) is 5.43 Å². The molecule has 0 aliphatic rings. The van der Waals surface area contributed by atoms with E-state index in [0.29, 0.717) is 23.7 Å². The Morgan fingerprint density at radius 2 is 2.35 bits per heavy atom. The summed E-state index contributed by atoms with van der Waals surface area (Å²) in [4.78, 5) is 10.5. The second-order valence-corrected chi connectivity index (χ2v) is 3.05. The quantitative estimate of drug-likeness (QED) is 0.593. The Balaban J connectivity index is 2.96. The Morgan fingerprint density at radius 1 is 1.59 bits per heavy atom. The van der Waals surface area contributed by atoms with Gasteiger partial charge in [-0.15, -0.1) is 0 Å². The minimum Gasteiger partial charge on any atom is -0.493 e. The minimum absolute atomic E-state index is 0.504. The van der Waals surface area contributed by atoms with Crippen molar-refractivity contribution in [3.8, 4) is 11.5 Å². The molecule has 0 unspecified atom stereocenters. The van der Waals surface area contributed by atoms with Gasteiger partial charge < -0.3 is 15.2 Å². The number of benzene rings is 1. The van der Waals surface area contributed by atoms with Crippen LogP contribution in [0.25, 0.3) is 0 Å². The van der Waals surface area contributed by atoms with Gasteiger partial charge in [-0.3, -0.25) is 0 Å². The van der Waals surface area contributed by atoms with Crippen molar-refractivity contribution >= 4 is 12.2 Å². The first-order chi connectivity index (χ1) is 8.19. The van der Waals surface area contributed by atoms with E-state index < -0.39 is 6.03 Å². The predicted octanol–water partition coefficient (Wildman–Crippen LogP) is 1.10. The number of nitrogens with zero attached hydrogens (tertiary/aromatic N) is 1. The summed E-state index contributed by atoms with van der Waals surface area (Å²) in [7, 11) is 1.56. The summed E-state index contributed by atoms with van der Waals surface area (Å²) in [5, 5.41) is 3.67. The number of methoxy groups -OCH3 is 1. The molecule has 0 radical (unpaired) electrons. The molecule has 0 heterocycles. The van der Waals surface area contributed by atoms with Crippen molar-refractivity contribution < 1.29 is 14.3 Å². The fraction of sp³-hybridized carbons (Fsp3) is 0.273. The highest BCUT2D eigenvalue weighted by Gasteiger charge is 2.08. The Labute approximate surface area is 99.4 Å². The Hall–Kier alpha value is -2.24. The number of hydrogen-bond donors (Lipinski definition) is 2. The Morgan fingerprint density at radius 3 is 2.94 bits per heavy atom. The molecule has 92 valence electrons. The molecule has 0 atom stereocenters. The SMILES string of the molecule is CCOc1c(/C=N\NC(N)=O)cccc1OC. The number of nitrogens with one attached hydrogen (secondary N) is 1. The largest absolute Gasteiger partial charge is 0.493 e. The van der Waals surface area contributed by atoms with E-state index in [0.717, 1.165) is 0 Å². The molecule has 1 aromatic carbocycles. The number of ether oxygens (including phenoxy) is 2. The van der Waals surface area contributed by atoms with Gasteiger partial charge in [0.05, 0.1) is 19.9 Å². The molecule has 0 spiro atoms. The lowest BCUT2D eigenvalue weighted by molar-refractivity contribution is 0.249. The van der Waals surface area contributed by atoms with Crippen molar-refractivity contribution in [2.75, 3.05) is 13.7 Å². The van der Waals surface area contributed by atoms with Gasteiger partial charge in [0.25, 0.3) is 0 Å². The highest BCUT2D eigenvalue weighted by Crippen LogP contribution is 2.29. The molecule has 0 fully saturated rings. The van der Waals surface area contributed by atoms with Crippen LogP contribution in [0.1, 0.15) is 12.5 Å². The standard InChI is InChI=1S/C11H15N3O3/c1-3-17-10-8(7-13-14-11(12)15)5-4-6-9(10)16-2/h4-7H,3H2,1-2H3,(H3,12,14,15)/b13-7-. The van der Waals surface area contributed by atoms with E-state index in [2.05, 4.69) is 10.5 Å². The second-order valence-electron chi connectivity index (χ2n) is 3.05. The Kier molecular flexibility index (Phi) is 4.80. The smallest absolute Gasteiger partial charge is 0.332 e. The second kappa shape index (κ2) is 6.37. The van der Waals surface area contributed by atoms with Gasteiger partial charge >= 0.3 is 6.03 Å². The first-order valence-electron chi connectivity index (χ1n) is 5.07. The first kappa shape index (κ1) is 12.8. The molecular formula is C11H15N3O3. The van der Waals surface area contributed by atoms with Crippen LogP contribution in [0, 0.1) is 0 Å².